The summed E-state index contributed by atoms with van der Waals surface area (Å²) in [5, 5.41) is 19.4. The normalized spacial score (nSPS) is 9.23. The van der Waals surface area contributed by atoms with Gasteiger partial charge in [-0.15, -0.1) is 12.1 Å². The Balaban J connectivity index is 0.000000845. The maximum Gasteiger partial charge on any atom is 0.112 e. The smallest absolute Gasteiger partial charge is 0.112 e. The van der Waals surface area contributed by atoms with Crippen LogP contribution in [0.15, 0.2) is 24.3 Å². The number of hydrogen-bond acceptors (Lipinski definition) is 4. The fraction of sp³-hybridized carbons (Fsp3) is 0. The molecule has 1 heterocycles. The average molecular weight is 312 g/mol. The zero-order valence-corrected chi connectivity index (χ0v) is 9.07. The van der Waals surface area contributed by atoms with Crippen LogP contribution in [0.3, 0.4) is 0 Å². The summed E-state index contributed by atoms with van der Waals surface area (Å²) in [6.45, 7) is 0. The molecule has 1 aromatic heterocycles. The summed E-state index contributed by atoms with van der Waals surface area (Å²) >= 11 is 0. The maximum atomic E-state index is 8.98. The Morgan fingerprint density at radius 3 is 2.46 bits per heavy atom. The van der Waals surface area contributed by atoms with Gasteiger partial charge in [-0.3, -0.25) is 0 Å². The number of aromatic nitrogens is 4. The predicted octanol–water partition coefficient (Wildman–Crippen LogP) is 0.168. The first-order chi connectivity index (χ1) is 5.86. The third-order valence-corrected chi connectivity index (χ3v) is 1.41. The molecule has 66 valence electrons. The van der Waals surface area contributed by atoms with E-state index in [1.54, 1.807) is 24.3 Å². The quantitative estimate of drug-likeness (QED) is 0.763. The summed E-state index contributed by atoms with van der Waals surface area (Å²) in [4.78, 5) is 0. The van der Waals surface area contributed by atoms with Crippen LogP contribution >= 0.6 is 0 Å². The van der Waals surface area contributed by atoms with E-state index in [-0.39, 0.29) is 46.1 Å². The van der Waals surface area contributed by atoms with Crippen LogP contribution in [0.5, 0.6) is 5.75 Å². The minimum absolute atomic E-state index is 0. The number of aromatic hydroxyl groups is 1. The van der Waals surface area contributed by atoms with Gasteiger partial charge in [0.2, 0.25) is 0 Å². The van der Waals surface area contributed by atoms with Crippen LogP contribution < -0.4 is 0 Å². The van der Waals surface area contributed by atoms with Crippen molar-refractivity contribution in [3.63, 3.8) is 0 Å². The molecular weight excluding hydrogens is 306 g/mol. The molecule has 2 rings (SSSR count). The number of hydrogen-bond donors (Lipinski definition) is 1. The van der Waals surface area contributed by atoms with Crippen molar-refractivity contribution in [2.75, 3.05) is 0 Å². The van der Waals surface area contributed by atoms with Gasteiger partial charge in [0.1, 0.15) is 5.75 Å². The molecule has 1 aromatic carbocycles. The first kappa shape index (κ1) is 10.5. The van der Waals surface area contributed by atoms with Crippen molar-refractivity contribution in [1.82, 2.24) is 20.2 Å². The Kier molecular flexibility index (Phi) is 3.72. The van der Waals surface area contributed by atoms with Crippen LogP contribution in [0.25, 0.3) is 5.69 Å². The first-order valence-electron chi connectivity index (χ1n) is 3.32. The van der Waals surface area contributed by atoms with E-state index in [0.29, 0.717) is 0 Å². The van der Waals surface area contributed by atoms with Gasteiger partial charge >= 0.3 is 0 Å². The van der Waals surface area contributed by atoms with Gasteiger partial charge in [0.25, 0.3) is 0 Å². The number of tetrazole rings is 1. The molecule has 0 saturated carbocycles. The summed E-state index contributed by atoms with van der Waals surface area (Å²) in [5.41, 5.74) is 0.762. The standard InChI is InChI=1S/C7H5N4O.Sm/c12-7-3-1-6(2-4-7)11-5-8-9-10-11;/h1-4,12H;/q-1;. The first-order valence-corrected chi connectivity index (χ1v) is 3.32. The Morgan fingerprint density at radius 2 is 1.92 bits per heavy atom. The molecule has 0 fully saturated rings. The molecule has 1 N–H and O–H groups in total. The predicted molar refractivity (Wildman–Crippen MR) is 39.7 cm³/mol. The van der Waals surface area contributed by atoms with Crippen LogP contribution in [0, 0.1) is 46.7 Å². The van der Waals surface area contributed by atoms with Gasteiger partial charge < -0.3 is 9.79 Å². The van der Waals surface area contributed by atoms with Crippen LogP contribution in [-0.2, 0) is 0 Å². The van der Waals surface area contributed by atoms with Gasteiger partial charge in [0.15, 0.2) is 0 Å². The van der Waals surface area contributed by atoms with E-state index in [2.05, 4.69) is 21.9 Å². The summed E-state index contributed by atoms with van der Waals surface area (Å²) in [6.07, 6.45) is 2.54. The molecule has 2 aromatic rings. The number of benzene rings is 1. The zero-order chi connectivity index (χ0) is 8.39. The van der Waals surface area contributed by atoms with Crippen molar-refractivity contribution in [2.24, 2.45) is 0 Å². The second-order valence-corrected chi connectivity index (χ2v) is 2.21. The van der Waals surface area contributed by atoms with Crippen molar-refractivity contribution >= 4 is 0 Å². The van der Waals surface area contributed by atoms with E-state index in [4.69, 9.17) is 5.11 Å². The number of phenols is 1. The van der Waals surface area contributed by atoms with E-state index in [1.165, 1.54) is 4.68 Å². The van der Waals surface area contributed by atoms with Crippen molar-refractivity contribution in [3.8, 4) is 11.4 Å². The molecule has 0 aliphatic heterocycles. The van der Waals surface area contributed by atoms with Crippen molar-refractivity contribution in [3.05, 3.63) is 30.6 Å². The molecule has 13 heavy (non-hydrogen) atoms. The van der Waals surface area contributed by atoms with Gasteiger partial charge in [0.05, 0.1) is 0 Å². The summed E-state index contributed by atoms with van der Waals surface area (Å²) in [7, 11) is 0. The van der Waals surface area contributed by atoms with Gasteiger partial charge in [-0.25, -0.2) is 5.10 Å². The minimum Gasteiger partial charge on any atom is -0.508 e. The van der Waals surface area contributed by atoms with E-state index < -0.39 is 0 Å². The molecule has 0 radical (unpaired) electrons. The SMILES string of the molecule is Oc1ccc(-n2[c-]nnn2)cc1.[Sm]. The average Bonchev–Trinajstić information content (AvgIpc) is 2.58. The van der Waals surface area contributed by atoms with Crippen molar-refractivity contribution < 1.29 is 45.5 Å². The molecule has 6 heteroatoms. The van der Waals surface area contributed by atoms with Crippen LogP contribution in [0.4, 0.5) is 0 Å². The Hall–Kier alpha value is -0.572. The molecule has 0 unspecified atom stereocenters. The van der Waals surface area contributed by atoms with Crippen molar-refractivity contribution in [2.45, 2.75) is 0 Å². The molecule has 0 amide bonds. The molecule has 0 spiro atoms. The fourth-order valence-corrected chi connectivity index (χ4v) is 0.846. The summed E-state index contributed by atoms with van der Waals surface area (Å²) in [5.74, 6) is 0.215. The number of phenolic OH excluding ortho intramolecular Hbond substituents is 1. The molecule has 0 bridgehead atoms. The second kappa shape index (κ2) is 4.60. The molecule has 0 saturated heterocycles. The van der Waals surface area contributed by atoms with E-state index in [0.717, 1.165) is 5.69 Å². The molecule has 0 aliphatic rings. The monoisotopic (exact) mass is 313 g/mol. The van der Waals surface area contributed by atoms with E-state index in [1.807, 2.05) is 0 Å². The second-order valence-electron chi connectivity index (χ2n) is 2.21. The van der Waals surface area contributed by atoms with Gasteiger partial charge in [0, 0.05) is 40.4 Å². The minimum atomic E-state index is 0. The van der Waals surface area contributed by atoms with E-state index in [9.17, 15) is 0 Å². The molecular formula is C7H5N4OSm-. The van der Waals surface area contributed by atoms with E-state index >= 15 is 0 Å². The maximum absolute atomic E-state index is 8.98. The van der Waals surface area contributed by atoms with Crippen LogP contribution in [-0.4, -0.2) is 25.3 Å². The van der Waals surface area contributed by atoms with Gasteiger partial charge in [-0.2, -0.15) is 0 Å². The Morgan fingerprint density at radius 1 is 1.23 bits per heavy atom. The fourth-order valence-electron chi connectivity index (χ4n) is 0.846. The third kappa shape index (κ3) is 2.43. The Labute approximate surface area is 107 Å². The van der Waals surface area contributed by atoms with Crippen LogP contribution in [0.1, 0.15) is 0 Å². The number of nitrogens with zero attached hydrogens (tertiary/aromatic N) is 4. The zero-order valence-electron chi connectivity index (χ0n) is 6.45. The molecule has 0 aliphatic carbocycles. The summed E-state index contributed by atoms with van der Waals surface area (Å²) in [6, 6.07) is 6.51. The molecule has 0 atom stereocenters. The third-order valence-electron chi connectivity index (χ3n) is 1.41. The largest absolute Gasteiger partial charge is 0.508 e. The number of rotatable bonds is 1. The molecule has 5 nitrogen and oxygen atoms in total. The topological polar surface area (TPSA) is 63.8 Å². The Bertz CT molecular complexity index is 358. The summed E-state index contributed by atoms with van der Waals surface area (Å²) < 4.78 is 1.39. The van der Waals surface area contributed by atoms with Gasteiger partial charge in [-0.1, -0.05) is 10.9 Å². The van der Waals surface area contributed by atoms with Crippen molar-refractivity contribution in [1.29, 1.82) is 0 Å². The van der Waals surface area contributed by atoms with Gasteiger partial charge in [-0.05, 0) is 23.7 Å². The van der Waals surface area contributed by atoms with Crippen LogP contribution in [0.2, 0.25) is 0 Å².